The molecule has 0 saturated heterocycles. The first-order chi connectivity index (χ1) is 14.7. The van der Waals surface area contributed by atoms with Gasteiger partial charge in [0.05, 0.1) is 10.0 Å². The number of halogens is 2. The van der Waals surface area contributed by atoms with Crippen molar-refractivity contribution in [2.75, 3.05) is 6.79 Å². The van der Waals surface area contributed by atoms with Crippen LogP contribution in [0.15, 0.2) is 36.4 Å². The van der Waals surface area contributed by atoms with E-state index in [2.05, 4.69) is 5.32 Å². The maximum absolute atomic E-state index is 13.2. The monoisotopic (exact) mass is 464 g/mol. The van der Waals surface area contributed by atoms with Crippen LogP contribution in [0.25, 0.3) is 0 Å². The summed E-state index contributed by atoms with van der Waals surface area (Å²) in [6.45, 7) is 5.96. The Morgan fingerprint density at radius 3 is 2.42 bits per heavy atom. The highest BCUT2D eigenvalue weighted by Gasteiger charge is 2.26. The number of nitrogens with one attached hydrogen (secondary N) is 1. The molecule has 0 fully saturated rings. The van der Waals surface area contributed by atoms with Gasteiger partial charge in [0, 0.05) is 19.0 Å². The van der Waals surface area contributed by atoms with E-state index in [0.29, 0.717) is 28.0 Å². The Balaban J connectivity index is 1.74. The molecule has 166 valence electrons. The smallest absolute Gasteiger partial charge is 0.242 e. The fourth-order valence-electron chi connectivity index (χ4n) is 3.31. The number of aryl methyl sites for hydroxylation is 1. The highest BCUT2D eigenvalue weighted by Crippen LogP contribution is 2.33. The molecule has 1 N–H and O–H groups in total. The van der Waals surface area contributed by atoms with Crippen molar-refractivity contribution in [3.8, 4) is 11.5 Å². The summed E-state index contributed by atoms with van der Waals surface area (Å²) >= 11 is 12.2. The molecule has 0 aliphatic carbocycles. The highest BCUT2D eigenvalue weighted by atomic mass is 35.5. The lowest BCUT2D eigenvalue weighted by Crippen LogP contribution is -2.49. The molecule has 6 nitrogen and oxygen atoms in total. The van der Waals surface area contributed by atoms with E-state index in [1.165, 1.54) is 0 Å². The number of benzene rings is 2. The summed E-state index contributed by atoms with van der Waals surface area (Å²) in [5.41, 5.74) is 1.77. The van der Waals surface area contributed by atoms with Gasteiger partial charge >= 0.3 is 0 Å². The quantitative estimate of drug-likeness (QED) is 0.619. The van der Waals surface area contributed by atoms with Crippen LogP contribution in [0, 0.1) is 0 Å². The van der Waals surface area contributed by atoms with Gasteiger partial charge in [-0.3, -0.25) is 9.59 Å². The van der Waals surface area contributed by atoms with Crippen LogP contribution in [0.2, 0.25) is 10.0 Å². The highest BCUT2D eigenvalue weighted by molar-refractivity contribution is 6.42. The van der Waals surface area contributed by atoms with Crippen molar-refractivity contribution in [1.29, 1.82) is 0 Å². The van der Waals surface area contributed by atoms with E-state index in [-0.39, 0.29) is 37.6 Å². The van der Waals surface area contributed by atoms with Crippen molar-refractivity contribution in [3.63, 3.8) is 0 Å². The lowest BCUT2D eigenvalue weighted by atomic mass is 10.1. The molecule has 0 bridgehead atoms. The second-order valence-corrected chi connectivity index (χ2v) is 8.61. The third kappa shape index (κ3) is 6.05. The Kier molecular flexibility index (Phi) is 7.68. The van der Waals surface area contributed by atoms with Crippen molar-refractivity contribution >= 4 is 35.0 Å². The molecule has 1 heterocycles. The van der Waals surface area contributed by atoms with E-state index in [9.17, 15) is 9.59 Å². The first-order valence-corrected chi connectivity index (χ1v) is 10.9. The zero-order chi connectivity index (χ0) is 22.5. The van der Waals surface area contributed by atoms with Gasteiger partial charge in [0.15, 0.2) is 11.5 Å². The predicted octanol–water partition coefficient (Wildman–Crippen LogP) is 4.60. The molecule has 0 spiro atoms. The van der Waals surface area contributed by atoms with Crippen LogP contribution in [0.3, 0.4) is 0 Å². The molecule has 0 radical (unpaired) electrons. The fraction of sp³-hybridized carbons (Fsp3) is 0.391. The van der Waals surface area contributed by atoms with Gasteiger partial charge in [-0.15, -0.1) is 0 Å². The Labute approximate surface area is 192 Å². The van der Waals surface area contributed by atoms with E-state index < -0.39 is 6.04 Å². The first kappa shape index (κ1) is 23.2. The molecule has 1 aliphatic rings. The third-order valence-corrected chi connectivity index (χ3v) is 5.74. The lowest BCUT2D eigenvalue weighted by molar-refractivity contribution is -0.140. The average Bonchev–Trinajstić information content (AvgIpc) is 3.19. The number of rotatable bonds is 8. The number of amides is 2. The van der Waals surface area contributed by atoms with Gasteiger partial charge < -0.3 is 19.7 Å². The third-order valence-electron chi connectivity index (χ3n) is 5.00. The van der Waals surface area contributed by atoms with E-state index in [1.54, 1.807) is 30.0 Å². The number of hydrogen-bond donors (Lipinski definition) is 1. The Morgan fingerprint density at radius 2 is 1.71 bits per heavy atom. The zero-order valence-electron chi connectivity index (χ0n) is 17.8. The molecule has 2 aromatic carbocycles. The largest absolute Gasteiger partial charge is 0.454 e. The minimum absolute atomic E-state index is 0.0227. The fourth-order valence-corrected chi connectivity index (χ4v) is 3.63. The van der Waals surface area contributed by atoms with E-state index in [1.807, 2.05) is 32.0 Å². The number of nitrogens with zero attached hydrogens (tertiary/aromatic N) is 1. The van der Waals surface area contributed by atoms with E-state index >= 15 is 0 Å². The van der Waals surface area contributed by atoms with Gasteiger partial charge in [0.2, 0.25) is 18.6 Å². The molecular formula is C23H26Cl2N2O4. The van der Waals surface area contributed by atoms with Gasteiger partial charge in [-0.25, -0.2) is 0 Å². The van der Waals surface area contributed by atoms with Crippen LogP contribution >= 0.6 is 23.2 Å². The summed E-state index contributed by atoms with van der Waals surface area (Å²) in [6.07, 6.45) is 0.770. The number of carbonyl (C=O) groups excluding carboxylic acids is 2. The van der Waals surface area contributed by atoms with Gasteiger partial charge in [0.25, 0.3) is 0 Å². The van der Waals surface area contributed by atoms with Crippen molar-refractivity contribution in [3.05, 3.63) is 57.6 Å². The molecule has 1 aliphatic heterocycles. The minimum Gasteiger partial charge on any atom is -0.454 e. The second-order valence-electron chi connectivity index (χ2n) is 7.80. The summed E-state index contributed by atoms with van der Waals surface area (Å²) in [6, 6.07) is 10.2. The number of carbonyl (C=O) groups is 2. The number of hydrogen-bond acceptors (Lipinski definition) is 4. The van der Waals surface area contributed by atoms with Crippen LogP contribution in [-0.4, -0.2) is 35.6 Å². The minimum atomic E-state index is -0.638. The molecule has 0 saturated carbocycles. The topological polar surface area (TPSA) is 67.9 Å². The van der Waals surface area contributed by atoms with E-state index in [4.69, 9.17) is 32.7 Å². The summed E-state index contributed by atoms with van der Waals surface area (Å²) in [5, 5.41) is 3.73. The van der Waals surface area contributed by atoms with Crippen LogP contribution in [0.5, 0.6) is 11.5 Å². The average molecular weight is 465 g/mol. The number of fused-ring (bicyclic) bond motifs is 1. The molecule has 2 amide bonds. The summed E-state index contributed by atoms with van der Waals surface area (Å²) in [4.78, 5) is 27.4. The van der Waals surface area contributed by atoms with Gasteiger partial charge in [-0.1, -0.05) is 35.3 Å². The molecule has 3 rings (SSSR count). The van der Waals surface area contributed by atoms with E-state index in [0.717, 1.165) is 11.1 Å². The Bertz CT molecular complexity index is 965. The van der Waals surface area contributed by atoms with Crippen molar-refractivity contribution in [2.45, 2.75) is 52.2 Å². The van der Waals surface area contributed by atoms with Gasteiger partial charge in [-0.05, 0) is 62.6 Å². The second kappa shape index (κ2) is 10.2. The standard InChI is InChI=1S/C23H26Cl2N2O4/c1-14(2)26-23(29)15(3)27(12-17-4-7-18(24)19(25)10-17)22(28)9-6-16-5-8-20-21(11-16)31-13-30-20/h4-5,7-8,10-11,14-15H,6,9,12-13H2,1-3H3,(H,26,29)/t15-/m0/s1. The normalized spacial score (nSPS) is 13.2. The maximum Gasteiger partial charge on any atom is 0.242 e. The maximum atomic E-state index is 13.2. The molecular weight excluding hydrogens is 439 g/mol. The van der Waals surface area contributed by atoms with Crippen LogP contribution in [0.1, 0.15) is 38.3 Å². The van der Waals surface area contributed by atoms with Gasteiger partial charge in [0.1, 0.15) is 6.04 Å². The SMILES string of the molecule is CC(C)NC(=O)[C@H](C)N(Cc1ccc(Cl)c(Cl)c1)C(=O)CCc1ccc2c(c1)OCO2. The lowest BCUT2D eigenvalue weighted by Gasteiger charge is -2.29. The van der Waals surface area contributed by atoms with Crippen molar-refractivity contribution in [2.24, 2.45) is 0 Å². The molecule has 2 aromatic rings. The summed E-state index contributed by atoms with van der Waals surface area (Å²) in [5.74, 6) is 1.05. The molecule has 0 unspecified atom stereocenters. The molecule has 31 heavy (non-hydrogen) atoms. The Morgan fingerprint density at radius 1 is 1.00 bits per heavy atom. The first-order valence-electron chi connectivity index (χ1n) is 10.2. The molecule has 0 aromatic heterocycles. The number of ether oxygens (including phenoxy) is 2. The van der Waals surface area contributed by atoms with Crippen molar-refractivity contribution < 1.29 is 19.1 Å². The van der Waals surface area contributed by atoms with Crippen molar-refractivity contribution in [1.82, 2.24) is 10.2 Å². The summed E-state index contributed by atoms with van der Waals surface area (Å²) < 4.78 is 10.7. The van der Waals surface area contributed by atoms with Crippen LogP contribution in [0.4, 0.5) is 0 Å². The summed E-state index contributed by atoms with van der Waals surface area (Å²) in [7, 11) is 0. The molecule has 8 heteroatoms. The van der Waals surface area contributed by atoms with Crippen LogP contribution < -0.4 is 14.8 Å². The molecule has 1 atom stereocenters. The predicted molar refractivity (Wildman–Crippen MR) is 121 cm³/mol. The zero-order valence-corrected chi connectivity index (χ0v) is 19.3. The van der Waals surface area contributed by atoms with Crippen LogP contribution in [-0.2, 0) is 22.6 Å². The Hall–Kier alpha value is -2.44. The van der Waals surface area contributed by atoms with Gasteiger partial charge in [-0.2, -0.15) is 0 Å².